The second-order valence-corrected chi connectivity index (χ2v) is 2.44. The largest absolute Gasteiger partial charge is 0.511 e. The third kappa shape index (κ3) is 3.14. The van der Waals surface area contributed by atoms with Gasteiger partial charge in [-0.25, -0.2) is 4.79 Å². The minimum absolute atomic E-state index is 0.108. The van der Waals surface area contributed by atoms with Crippen molar-refractivity contribution < 1.29 is 24.2 Å². The van der Waals surface area contributed by atoms with Crippen LogP contribution in [-0.4, -0.2) is 17.2 Å². The van der Waals surface area contributed by atoms with Gasteiger partial charge in [0.15, 0.2) is 0 Å². The van der Waals surface area contributed by atoms with Crippen molar-refractivity contribution in [2.24, 2.45) is 0 Å². The highest BCUT2D eigenvalue weighted by atomic mass is 16.7. The molecule has 5 nitrogen and oxygen atoms in total. The number of carboxylic acid groups (broad SMARTS) is 1. The zero-order valence-corrected chi connectivity index (χ0v) is 7.39. The van der Waals surface area contributed by atoms with Crippen molar-refractivity contribution in [3.05, 3.63) is 24.3 Å². The van der Waals surface area contributed by atoms with E-state index in [2.05, 4.69) is 4.74 Å². The molecule has 1 aromatic rings. The zero-order valence-electron chi connectivity index (χ0n) is 7.39. The molecule has 5 heteroatoms. The quantitative estimate of drug-likeness (QED) is 0.442. The van der Waals surface area contributed by atoms with Crippen molar-refractivity contribution in [2.45, 2.75) is 6.92 Å². The van der Waals surface area contributed by atoms with Gasteiger partial charge in [0.1, 0.15) is 11.5 Å². The predicted octanol–water partition coefficient (Wildman–Crippen LogP) is 1.67. The molecule has 0 heterocycles. The minimum Gasteiger partial charge on any atom is -0.449 e. The number of carbonyl (C=O) groups is 2. The Kier molecular flexibility index (Phi) is 3.06. The monoisotopic (exact) mass is 196 g/mol. The van der Waals surface area contributed by atoms with E-state index in [4.69, 9.17) is 9.84 Å². The van der Waals surface area contributed by atoms with E-state index in [0.29, 0.717) is 0 Å². The molecule has 0 saturated heterocycles. The van der Waals surface area contributed by atoms with Crippen molar-refractivity contribution in [3.63, 3.8) is 0 Å². The molecule has 0 bridgehead atoms. The molecule has 0 radical (unpaired) electrons. The standard InChI is InChI=1S/C9H8O5/c1-6(10)13-7-3-2-4-8(5-7)14-9(11)12/h2-5H,1H3,(H,11,12). The van der Waals surface area contributed by atoms with Crippen LogP contribution in [0.4, 0.5) is 4.79 Å². The molecule has 1 N–H and O–H groups in total. The molecule has 0 atom stereocenters. The van der Waals surface area contributed by atoms with E-state index >= 15 is 0 Å². The number of esters is 1. The van der Waals surface area contributed by atoms with Crippen LogP contribution in [0.25, 0.3) is 0 Å². The fourth-order valence-corrected chi connectivity index (χ4v) is 0.868. The number of carbonyl (C=O) groups excluding carboxylic acids is 1. The average molecular weight is 196 g/mol. The Morgan fingerprint density at radius 2 is 1.79 bits per heavy atom. The smallest absolute Gasteiger partial charge is 0.449 e. The van der Waals surface area contributed by atoms with Gasteiger partial charge in [-0.2, -0.15) is 0 Å². The van der Waals surface area contributed by atoms with Gasteiger partial charge in [-0.05, 0) is 12.1 Å². The average Bonchev–Trinajstić information content (AvgIpc) is 2.01. The maximum atomic E-state index is 10.6. The van der Waals surface area contributed by atoms with Gasteiger partial charge in [-0.3, -0.25) is 4.79 Å². The zero-order chi connectivity index (χ0) is 10.6. The van der Waals surface area contributed by atoms with Crippen LogP contribution in [0.3, 0.4) is 0 Å². The van der Waals surface area contributed by atoms with E-state index in [0.717, 1.165) is 0 Å². The van der Waals surface area contributed by atoms with Crippen LogP contribution in [0, 0.1) is 0 Å². The van der Waals surface area contributed by atoms with E-state index in [9.17, 15) is 9.59 Å². The molecule has 0 fully saturated rings. The first-order chi connectivity index (χ1) is 6.58. The fourth-order valence-electron chi connectivity index (χ4n) is 0.868. The maximum absolute atomic E-state index is 10.6. The predicted molar refractivity (Wildman–Crippen MR) is 46.4 cm³/mol. The SMILES string of the molecule is CC(=O)Oc1cccc(OC(=O)O)c1. The van der Waals surface area contributed by atoms with Gasteiger partial charge in [-0.1, -0.05) is 6.07 Å². The topological polar surface area (TPSA) is 72.8 Å². The van der Waals surface area contributed by atoms with Crippen molar-refractivity contribution in [3.8, 4) is 11.5 Å². The molecular weight excluding hydrogens is 188 g/mol. The van der Waals surface area contributed by atoms with Gasteiger partial charge in [0, 0.05) is 13.0 Å². The molecular formula is C9H8O5. The highest BCUT2D eigenvalue weighted by Crippen LogP contribution is 2.19. The van der Waals surface area contributed by atoms with Crippen LogP contribution >= 0.6 is 0 Å². The molecule has 1 rings (SSSR count). The Morgan fingerprint density at radius 3 is 2.29 bits per heavy atom. The summed E-state index contributed by atoms with van der Waals surface area (Å²) >= 11 is 0. The van der Waals surface area contributed by atoms with E-state index in [-0.39, 0.29) is 11.5 Å². The lowest BCUT2D eigenvalue weighted by Gasteiger charge is -2.03. The summed E-state index contributed by atoms with van der Waals surface area (Å²) in [5.41, 5.74) is 0. The van der Waals surface area contributed by atoms with Gasteiger partial charge in [0.2, 0.25) is 0 Å². The van der Waals surface area contributed by atoms with Gasteiger partial charge in [0.25, 0.3) is 0 Å². The Hall–Kier alpha value is -2.04. The Morgan fingerprint density at radius 1 is 1.21 bits per heavy atom. The van der Waals surface area contributed by atoms with E-state index in [1.807, 2.05) is 0 Å². The summed E-state index contributed by atoms with van der Waals surface area (Å²) in [6, 6.07) is 5.81. The number of hydrogen-bond donors (Lipinski definition) is 1. The number of ether oxygens (including phenoxy) is 2. The molecule has 0 aliphatic rings. The van der Waals surface area contributed by atoms with Crippen LogP contribution in [0.5, 0.6) is 11.5 Å². The summed E-state index contributed by atoms with van der Waals surface area (Å²) in [7, 11) is 0. The van der Waals surface area contributed by atoms with Crippen molar-refractivity contribution in [1.82, 2.24) is 0 Å². The van der Waals surface area contributed by atoms with Crippen LogP contribution in [0.15, 0.2) is 24.3 Å². The fraction of sp³-hybridized carbons (Fsp3) is 0.111. The normalized spacial score (nSPS) is 9.21. The summed E-state index contributed by atoms with van der Waals surface area (Å²) in [4.78, 5) is 20.7. The molecule has 0 aliphatic heterocycles. The lowest BCUT2D eigenvalue weighted by atomic mass is 10.3. The number of hydrogen-bond acceptors (Lipinski definition) is 4. The number of benzene rings is 1. The summed E-state index contributed by atoms with van der Waals surface area (Å²) in [5.74, 6) is -0.120. The molecule has 0 saturated carbocycles. The molecule has 14 heavy (non-hydrogen) atoms. The first-order valence-corrected chi connectivity index (χ1v) is 3.77. The van der Waals surface area contributed by atoms with Gasteiger partial charge in [-0.15, -0.1) is 0 Å². The summed E-state index contributed by atoms with van der Waals surface area (Å²) in [6.45, 7) is 1.25. The van der Waals surface area contributed by atoms with Crippen LogP contribution < -0.4 is 9.47 Å². The van der Waals surface area contributed by atoms with E-state index in [1.54, 1.807) is 0 Å². The van der Waals surface area contributed by atoms with Crippen LogP contribution in [-0.2, 0) is 4.79 Å². The van der Waals surface area contributed by atoms with Crippen molar-refractivity contribution >= 4 is 12.1 Å². The second kappa shape index (κ2) is 4.27. The van der Waals surface area contributed by atoms with Gasteiger partial charge in [0.05, 0.1) is 0 Å². The Labute approximate surface area is 79.9 Å². The molecule has 1 aromatic carbocycles. The van der Waals surface area contributed by atoms with Crippen LogP contribution in [0.2, 0.25) is 0 Å². The maximum Gasteiger partial charge on any atom is 0.511 e. The third-order valence-corrected chi connectivity index (χ3v) is 1.27. The van der Waals surface area contributed by atoms with Crippen molar-refractivity contribution in [2.75, 3.05) is 0 Å². The molecule has 74 valence electrons. The first-order valence-electron chi connectivity index (χ1n) is 3.77. The Balaban J connectivity index is 2.78. The molecule has 0 spiro atoms. The third-order valence-electron chi connectivity index (χ3n) is 1.27. The van der Waals surface area contributed by atoms with Crippen molar-refractivity contribution in [1.29, 1.82) is 0 Å². The number of rotatable bonds is 2. The summed E-state index contributed by atoms with van der Waals surface area (Å²) in [5, 5.41) is 8.31. The lowest BCUT2D eigenvalue weighted by molar-refractivity contribution is -0.131. The molecule has 0 aromatic heterocycles. The highest BCUT2D eigenvalue weighted by molar-refractivity contribution is 5.69. The van der Waals surface area contributed by atoms with Gasteiger partial charge >= 0.3 is 12.1 Å². The molecule has 0 aliphatic carbocycles. The highest BCUT2D eigenvalue weighted by Gasteiger charge is 2.03. The second-order valence-electron chi connectivity index (χ2n) is 2.44. The first kappa shape index (κ1) is 10.0. The van der Waals surface area contributed by atoms with Crippen LogP contribution in [0.1, 0.15) is 6.92 Å². The summed E-state index contributed by atoms with van der Waals surface area (Å²) < 4.78 is 9.09. The van der Waals surface area contributed by atoms with E-state index in [1.165, 1.54) is 31.2 Å². The minimum atomic E-state index is -1.41. The lowest BCUT2D eigenvalue weighted by Crippen LogP contribution is -2.04. The molecule has 0 unspecified atom stereocenters. The summed E-state index contributed by atoms with van der Waals surface area (Å²) in [6.07, 6.45) is -1.41. The van der Waals surface area contributed by atoms with Gasteiger partial charge < -0.3 is 14.6 Å². The van der Waals surface area contributed by atoms with E-state index < -0.39 is 12.1 Å². The molecule has 0 amide bonds. The Bertz CT molecular complexity index is 327.